The minimum Gasteiger partial charge on any atom is -0.497 e. The number of hydrogen-bond acceptors (Lipinski definition) is 3. The van der Waals surface area contributed by atoms with Crippen LogP contribution in [0.2, 0.25) is 0 Å². The highest BCUT2D eigenvalue weighted by Gasteiger charge is 2.21. The van der Waals surface area contributed by atoms with Crippen LogP contribution < -0.4 is 19.6 Å². The zero-order valence-electron chi connectivity index (χ0n) is 20.1. The molecule has 3 heterocycles. The fourth-order valence-corrected chi connectivity index (χ4v) is 5.63. The van der Waals surface area contributed by atoms with Crippen LogP contribution in [-0.2, 0) is 0 Å². The Balaban J connectivity index is 1.57. The van der Waals surface area contributed by atoms with Crippen LogP contribution >= 0.6 is 0 Å². The summed E-state index contributed by atoms with van der Waals surface area (Å²) in [4.78, 5) is 2.50. The molecule has 0 saturated carbocycles. The van der Waals surface area contributed by atoms with E-state index in [-0.39, 0.29) is 0 Å². The van der Waals surface area contributed by atoms with Gasteiger partial charge in [0.1, 0.15) is 30.2 Å². The van der Waals surface area contributed by atoms with E-state index in [1.54, 1.807) is 7.11 Å². The molecule has 0 unspecified atom stereocenters. The number of methoxy groups -OCH3 is 1. The minimum atomic E-state index is 0.873. The Morgan fingerprint density at radius 2 is 1.56 bits per heavy atom. The zero-order valence-corrected chi connectivity index (χ0v) is 20.1. The maximum absolute atomic E-state index is 6.64. The predicted molar refractivity (Wildman–Crippen MR) is 140 cm³/mol. The molecule has 6 rings (SSSR count). The summed E-state index contributed by atoms with van der Waals surface area (Å²) in [7, 11) is 1.71. The van der Waals surface area contributed by atoms with Gasteiger partial charge in [-0.3, -0.25) is 0 Å². The number of ether oxygens (including phenoxy) is 1. The Morgan fingerprint density at radius 1 is 0.794 bits per heavy atom. The molecule has 1 aliphatic carbocycles. The maximum Gasteiger partial charge on any atom is 0.203 e. The Kier molecular flexibility index (Phi) is 5.74. The molecule has 174 valence electrons. The summed E-state index contributed by atoms with van der Waals surface area (Å²) < 4.78 is 14.6. The molecule has 34 heavy (non-hydrogen) atoms. The molecule has 0 N–H and O–H groups in total. The van der Waals surface area contributed by atoms with Crippen molar-refractivity contribution in [3.63, 3.8) is 0 Å². The summed E-state index contributed by atoms with van der Waals surface area (Å²) in [6.45, 7) is 4.51. The van der Waals surface area contributed by atoms with E-state index in [2.05, 4.69) is 58.0 Å². The van der Waals surface area contributed by atoms with Crippen LogP contribution in [0.4, 0.5) is 5.69 Å². The first kappa shape index (κ1) is 21.3. The number of anilines is 1. The standard InChI is InChI=1S/C30H33N2O2/c1-33-25-12-8-22(9-13-25)30-26-14-10-23(31-16-4-2-5-17-31)20-28(26)34-29-21-24(11-15-27(29)30)32-18-6-3-7-19-32/h8-15,20-21H,2-7,16-19H2,1H3/q+1. The monoisotopic (exact) mass is 453 g/mol. The van der Waals surface area contributed by atoms with Crippen molar-refractivity contribution < 1.29 is 9.15 Å². The normalized spacial score (nSPS) is 16.9. The topological polar surface area (TPSA) is 28.6 Å². The van der Waals surface area contributed by atoms with Gasteiger partial charge in [0.05, 0.1) is 13.2 Å². The largest absolute Gasteiger partial charge is 0.497 e. The summed E-state index contributed by atoms with van der Waals surface area (Å²) in [5, 5.41) is 2.42. The van der Waals surface area contributed by atoms with Gasteiger partial charge in [0.2, 0.25) is 5.36 Å². The van der Waals surface area contributed by atoms with Crippen LogP contribution in [-0.4, -0.2) is 33.3 Å². The quantitative estimate of drug-likeness (QED) is 0.275. The van der Waals surface area contributed by atoms with E-state index in [1.807, 2.05) is 12.1 Å². The lowest BCUT2D eigenvalue weighted by atomic mass is 9.93. The number of piperidine rings is 2. The summed E-state index contributed by atoms with van der Waals surface area (Å²) >= 11 is 0. The summed E-state index contributed by atoms with van der Waals surface area (Å²) in [6.07, 6.45) is 7.73. The van der Waals surface area contributed by atoms with Gasteiger partial charge in [-0.2, -0.15) is 0 Å². The maximum atomic E-state index is 6.64. The van der Waals surface area contributed by atoms with Gasteiger partial charge in [-0.25, -0.2) is 4.58 Å². The van der Waals surface area contributed by atoms with Crippen molar-refractivity contribution in [3.05, 3.63) is 66.0 Å². The van der Waals surface area contributed by atoms with Gasteiger partial charge in [0.15, 0.2) is 0 Å². The number of hydrogen-bond donors (Lipinski definition) is 0. The van der Waals surface area contributed by atoms with Crippen molar-refractivity contribution in [2.45, 2.75) is 38.5 Å². The van der Waals surface area contributed by atoms with Crippen LogP contribution in [0.5, 0.6) is 5.75 Å². The predicted octanol–water partition coefficient (Wildman–Crippen LogP) is 6.16. The first-order valence-corrected chi connectivity index (χ1v) is 12.8. The third-order valence-corrected chi connectivity index (χ3v) is 7.51. The van der Waals surface area contributed by atoms with Crippen molar-refractivity contribution in [3.8, 4) is 28.2 Å². The Labute approximate surface area is 201 Å². The third-order valence-electron chi connectivity index (χ3n) is 7.51. The lowest BCUT2D eigenvalue weighted by Crippen LogP contribution is -2.34. The molecular weight excluding hydrogens is 420 g/mol. The Hall–Kier alpha value is -3.27. The zero-order chi connectivity index (χ0) is 22.9. The highest BCUT2D eigenvalue weighted by atomic mass is 16.5. The van der Waals surface area contributed by atoms with Gasteiger partial charge in [0, 0.05) is 60.3 Å². The number of benzene rings is 3. The van der Waals surface area contributed by atoms with Gasteiger partial charge in [-0.1, -0.05) is 12.1 Å². The second kappa shape index (κ2) is 9.17. The average Bonchev–Trinajstić information content (AvgIpc) is 2.92. The fourth-order valence-electron chi connectivity index (χ4n) is 5.63. The van der Waals surface area contributed by atoms with Gasteiger partial charge < -0.3 is 14.1 Å². The van der Waals surface area contributed by atoms with Crippen molar-refractivity contribution in [2.24, 2.45) is 0 Å². The van der Waals surface area contributed by atoms with E-state index in [0.29, 0.717) is 0 Å². The van der Waals surface area contributed by atoms with Crippen LogP contribution in [0.3, 0.4) is 0 Å². The molecule has 2 aromatic carbocycles. The number of rotatable bonds is 3. The summed E-state index contributed by atoms with van der Waals surface area (Å²) in [5.74, 6) is 1.83. The number of nitrogens with zero attached hydrogens (tertiary/aromatic N) is 2. The lowest BCUT2D eigenvalue weighted by Gasteiger charge is -2.29. The molecule has 3 aliphatic heterocycles. The Morgan fingerprint density at radius 3 is 2.32 bits per heavy atom. The molecule has 2 saturated heterocycles. The average molecular weight is 454 g/mol. The lowest BCUT2D eigenvalue weighted by molar-refractivity contribution is 0.415. The van der Waals surface area contributed by atoms with Crippen LogP contribution in [0, 0.1) is 0 Å². The van der Waals surface area contributed by atoms with Crippen LogP contribution in [0.15, 0.2) is 65.1 Å². The highest BCUT2D eigenvalue weighted by Crippen LogP contribution is 2.41. The molecule has 0 spiro atoms. The molecular formula is C30H33N2O2+. The van der Waals surface area contributed by atoms with Gasteiger partial charge in [0.25, 0.3) is 0 Å². The second-order valence-corrected chi connectivity index (χ2v) is 9.66. The molecule has 4 aliphatic rings. The molecule has 0 atom stereocenters. The molecule has 0 bridgehead atoms. The SMILES string of the molecule is COc1ccc(-c2c3ccc(=[N+]4CCCCC4)cc-3oc3cc(N4CCCCC4)ccc23)cc1. The van der Waals surface area contributed by atoms with E-state index in [4.69, 9.17) is 9.15 Å². The first-order valence-electron chi connectivity index (χ1n) is 12.8. The molecule has 4 nitrogen and oxygen atoms in total. The first-order chi connectivity index (χ1) is 16.8. The van der Waals surface area contributed by atoms with E-state index in [1.165, 1.54) is 60.7 Å². The third kappa shape index (κ3) is 3.96. The fraction of sp³-hybridized carbons (Fsp3) is 0.367. The summed E-state index contributed by atoms with van der Waals surface area (Å²) in [5.41, 5.74) is 5.79. The van der Waals surface area contributed by atoms with Crippen molar-refractivity contribution in [2.75, 3.05) is 38.2 Å². The van der Waals surface area contributed by atoms with Crippen molar-refractivity contribution >= 4 is 16.7 Å². The highest BCUT2D eigenvalue weighted by molar-refractivity contribution is 6.02. The molecule has 0 aromatic heterocycles. The van der Waals surface area contributed by atoms with Gasteiger partial charge >= 0.3 is 0 Å². The second-order valence-electron chi connectivity index (χ2n) is 9.66. The van der Waals surface area contributed by atoms with E-state index < -0.39 is 0 Å². The van der Waals surface area contributed by atoms with Crippen LogP contribution in [0.25, 0.3) is 33.4 Å². The Bertz CT molecular complexity index is 1340. The molecule has 0 radical (unpaired) electrons. The molecule has 2 aromatic rings. The van der Waals surface area contributed by atoms with Crippen LogP contribution in [0.1, 0.15) is 38.5 Å². The van der Waals surface area contributed by atoms with E-state index in [0.717, 1.165) is 54.2 Å². The van der Waals surface area contributed by atoms with E-state index >= 15 is 0 Å². The van der Waals surface area contributed by atoms with Crippen molar-refractivity contribution in [1.29, 1.82) is 0 Å². The molecule has 0 amide bonds. The van der Waals surface area contributed by atoms with Gasteiger partial charge in [-0.15, -0.1) is 0 Å². The van der Waals surface area contributed by atoms with Crippen molar-refractivity contribution in [1.82, 2.24) is 4.58 Å². The molecule has 4 heteroatoms. The van der Waals surface area contributed by atoms with E-state index in [9.17, 15) is 0 Å². The van der Waals surface area contributed by atoms with Gasteiger partial charge in [-0.05, 0) is 61.6 Å². The smallest absolute Gasteiger partial charge is 0.203 e. The minimum absolute atomic E-state index is 0.873. The number of fused-ring (bicyclic) bond motifs is 2. The molecule has 2 fully saturated rings. The summed E-state index contributed by atoms with van der Waals surface area (Å²) in [6, 6.07) is 21.9.